The lowest BCUT2D eigenvalue weighted by Crippen LogP contribution is -2.73. The third-order valence-electron chi connectivity index (χ3n) is 7.23. The molecule has 1 aromatic heterocycles. The molecule has 2 amide bonds. The highest BCUT2D eigenvalue weighted by Gasteiger charge is 2.54. The first-order valence-electron chi connectivity index (χ1n) is 11.9. The molecule has 1 saturated carbocycles. The minimum atomic E-state index is -0.244. The number of carbonyl (C=O) groups excluding carboxylic acids is 2. The van der Waals surface area contributed by atoms with Gasteiger partial charge >= 0.3 is 0 Å². The first-order chi connectivity index (χ1) is 16.1. The Balaban J connectivity index is 1.29. The number of amides is 2. The van der Waals surface area contributed by atoms with E-state index in [0.29, 0.717) is 18.2 Å². The number of aromatic nitrogens is 1. The molecule has 3 aliphatic rings. The summed E-state index contributed by atoms with van der Waals surface area (Å²) in [6, 6.07) is 13.3. The fraction of sp³-hybridized carbons (Fsp3) is 0.444. The van der Waals surface area contributed by atoms with E-state index in [1.54, 1.807) is 16.0 Å². The number of aliphatic hydroxyl groups is 1. The Bertz CT molecular complexity index is 1070. The monoisotopic (exact) mass is 443 g/mol. The summed E-state index contributed by atoms with van der Waals surface area (Å²) in [5.41, 5.74) is 2.77. The highest BCUT2D eigenvalue weighted by molar-refractivity contribution is 5.88. The van der Waals surface area contributed by atoms with Gasteiger partial charge in [-0.3, -0.25) is 14.6 Å². The second-order valence-corrected chi connectivity index (χ2v) is 9.29. The van der Waals surface area contributed by atoms with E-state index < -0.39 is 0 Å². The number of fused-ring (bicyclic) bond motifs is 1. The minimum absolute atomic E-state index is 0.00115. The summed E-state index contributed by atoms with van der Waals surface area (Å²) in [5.74, 6) is 7.02. The summed E-state index contributed by atoms with van der Waals surface area (Å²) in [5, 5.41) is 10.00. The van der Waals surface area contributed by atoms with E-state index in [9.17, 15) is 14.7 Å². The molecule has 2 saturated heterocycles. The number of benzene rings is 1. The Labute approximate surface area is 194 Å². The summed E-state index contributed by atoms with van der Waals surface area (Å²) in [4.78, 5) is 33.3. The SMILES string of the molecule is O=C(Cc1ccccn1)N1CC(=O)N2[C@H](CO)[C@H](c3ccc(C#CC4CCCC4)cc3)[C@@H]2C1. The van der Waals surface area contributed by atoms with Crippen molar-refractivity contribution in [2.45, 2.75) is 50.1 Å². The van der Waals surface area contributed by atoms with Crippen LogP contribution in [-0.2, 0) is 16.0 Å². The average Bonchev–Trinajstić information content (AvgIpc) is 3.34. The molecule has 1 N–H and O–H groups in total. The van der Waals surface area contributed by atoms with Crippen molar-refractivity contribution in [3.05, 3.63) is 65.5 Å². The molecule has 33 heavy (non-hydrogen) atoms. The highest BCUT2D eigenvalue weighted by Crippen LogP contribution is 2.43. The van der Waals surface area contributed by atoms with Gasteiger partial charge < -0.3 is 14.9 Å². The molecule has 3 fully saturated rings. The van der Waals surface area contributed by atoms with Crippen LogP contribution in [0.4, 0.5) is 0 Å². The number of carbonyl (C=O) groups is 2. The molecule has 0 unspecified atom stereocenters. The fourth-order valence-electron chi connectivity index (χ4n) is 5.50. The average molecular weight is 444 g/mol. The first kappa shape index (κ1) is 21.7. The first-order valence-corrected chi connectivity index (χ1v) is 11.9. The summed E-state index contributed by atoms with van der Waals surface area (Å²) in [6.45, 7) is 0.445. The lowest BCUT2D eigenvalue weighted by molar-refractivity contribution is -0.166. The second-order valence-electron chi connectivity index (χ2n) is 9.29. The van der Waals surface area contributed by atoms with Crippen LogP contribution in [0.15, 0.2) is 48.7 Å². The van der Waals surface area contributed by atoms with Crippen LogP contribution in [0, 0.1) is 17.8 Å². The Hall–Kier alpha value is -3.17. The van der Waals surface area contributed by atoms with Crippen LogP contribution in [0.2, 0.25) is 0 Å². The molecule has 3 atom stereocenters. The lowest BCUT2D eigenvalue weighted by Gasteiger charge is -2.58. The zero-order valence-electron chi connectivity index (χ0n) is 18.7. The Morgan fingerprint density at radius 2 is 1.91 bits per heavy atom. The maximum Gasteiger partial charge on any atom is 0.242 e. The van der Waals surface area contributed by atoms with Gasteiger partial charge in [-0.1, -0.05) is 42.9 Å². The molecule has 1 aromatic carbocycles. The van der Waals surface area contributed by atoms with Gasteiger partial charge in [0.2, 0.25) is 11.8 Å². The molecule has 6 heteroatoms. The molecule has 170 valence electrons. The van der Waals surface area contributed by atoms with E-state index in [0.717, 1.165) is 11.1 Å². The zero-order valence-corrected chi connectivity index (χ0v) is 18.7. The van der Waals surface area contributed by atoms with Crippen molar-refractivity contribution in [2.75, 3.05) is 19.7 Å². The van der Waals surface area contributed by atoms with Crippen molar-refractivity contribution in [3.8, 4) is 11.8 Å². The number of aliphatic hydroxyl groups excluding tert-OH is 1. The van der Waals surface area contributed by atoms with Gasteiger partial charge in [-0.2, -0.15) is 0 Å². The maximum atomic E-state index is 12.9. The van der Waals surface area contributed by atoms with Crippen molar-refractivity contribution in [2.24, 2.45) is 5.92 Å². The third kappa shape index (κ3) is 4.38. The van der Waals surface area contributed by atoms with Gasteiger partial charge in [-0.25, -0.2) is 0 Å². The van der Waals surface area contributed by atoms with E-state index in [1.807, 2.05) is 30.3 Å². The predicted molar refractivity (Wildman–Crippen MR) is 124 cm³/mol. The van der Waals surface area contributed by atoms with Crippen LogP contribution in [0.5, 0.6) is 0 Å². The molecule has 6 nitrogen and oxygen atoms in total. The van der Waals surface area contributed by atoms with Crippen molar-refractivity contribution in [1.29, 1.82) is 0 Å². The van der Waals surface area contributed by atoms with Gasteiger partial charge in [-0.15, -0.1) is 0 Å². The topological polar surface area (TPSA) is 73.7 Å². The number of hydrogen-bond acceptors (Lipinski definition) is 4. The molecule has 1 aliphatic carbocycles. The van der Waals surface area contributed by atoms with Gasteiger partial charge in [0.25, 0.3) is 0 Å². The van der Waals surface area contributed by atoms with E-state index in [2.05, 4.69) is 29.0 Å². The standard InChI is InChI=1S/C27H29N3O3/c31-18-24-27(21-12-10-20(11-13-21)9-8-19-5-1-2-6-19)23-16-29(17-26(33)30(23)24)25(32)15-22-7-3-4-14-28-22/h3-4,7,10-14,19,23-24,27,31H,1-2,5-6,15-18H2/t23-,24+,27+/m0/s1. The van der Waals surface area contributed by atoms with Crippen LogP contribution in [-0.4, -0.2) is 63.5 Å². The van der Waals surface area contributed by atoms with Crippen molar-refractivity contribution in [1.82, 2.24) is 14.8 Å². The molecule has 0 radical (unpaired) electrons. The highest BCUT2D eigenvalue weighted by atomic mass is 16.3. The van der Waals surface area contributed by atoms with Crippen molar-refractivity contribution in [3.63, 3.8) is 0 Å². The number of hydrogen-bond donors (Lipinski definition) is 1. The molecule has 3 heterocycles. The number of pyridine rings is 1. The number of piperazine rings is 1. The smallest absolute Gasteiger partial charge is 0.242 e. The second kappa shape index (κ2) is 9.36. The van der Waals surface area contributed by atoms with E-state index >= 15 is 0 Å². The Morgan fingerprint density at radius 1 is 1.12 bits per heavy atom. The van der Waals surface area contributed by atoms with Gasteiger partial charge in [0, 0.05) is 35.8 Å². The van der Waals surface area contributed by atoms with E-state index in [-0.39, 0.29) is 49.4 Å². The molecular weight excluding hydrogens is 414 g/mol. The summed E-state index contributed by atoms with van der Waals surface area (Å²) >= 11 is 0. The molecule has 2 aromatic rings. The number of rotatable bonds is 4. The largest absolute Gasteiger partial charge is 0.394 e. The van der Waals surface area contributed by atoms with Gasteiger partial charge in [0.1, 0.15) is 0 Å². The molecule has 0 bridgehead atoms. The van der Waals surface area contributed by atoms with Crippen LogP contribution in [0.25, 0.3) is 0 Å². The minimum Gasteiger partial charge on any atom is -0.394 e. The normalized spacial score (nSPS) is 24.6. The van der Waals surface area contributed by atoms with Crippen LogP contribution < -0.4 is 0 Å². The summed E-state index contributed by atoms with van der Waals surface area (Å²) in [6.07, 6.45) is 6.81. The lowest BCUT2D eigenvalue weighted by atomic mass is 9.73. The Morgan fingerprint density at radius 3 is 2.61 bits per heavy atom. The third-order valence-corrected chi connectivity index (χ3v) is 7.23. The van der Waals surface area contributed by atoms with Gasteiger partial charge in [-0.05, 0) is 42.7 Å². The van der Waals surface area contributed by atoms with Crippen molar-refractivity contribution >= 4 is 11.8 Å². The number of nitrogens with zero attached hydrogens (tertiary/aromatic N) is 3. The predicted octanol–water partition coefficient (Wildman–Crippen LogP) is 2.36. The van der Waals surface area contributed by atoms with Crippen LogP contribution in [0.3, 0.4) is 0 Å². The van der Waals surface area contributed by atoms with E-state index in [4.69, 9.17) is 0 Å². The van der Waals surface area contributed by atoms with Crippen molar-refractivity contribution < 1.29 is 14.7 Å². The molecule has 5 rings (SSSR count). The van der Waals surface area contributed by atoms with Gasteiger partial charge in [0.05, 0.1) is 31.7 Å². The molecular formula is C27H29N3O3. The quantitative estimate of drug-likeness (QED) is 0.737. The molecule has 0 spiro atoms. The maximum absolute atomic E-state index is 12.9. The zero-order chi connectivity index (χ0) is 22.8. The summed E-state index contributed by atoms with van der Waals surface area (Å²) < 4.78 is 0. The Kier molecular flexibility index (Phi) is 6.15. The summed E-state index contributed by atoms with van der Waals surface area (Å²) in [7, 11) is 0. The van der Waals surface area contributed by atoms with E-state index in [1.165, 1.54) is 25.7 Å². The van der Waals surface area contributed by atoms with Gasteiger partial charge in [0.15, 0.2) is 0 Å². The fourth-order valence-corrected chi connectivity index (χ4v) is 5.50. The van der Waals surface area contributed by atoms with Crippen LogP contribution >= 0.6 is 0 Å². The van der Waals surface area contributed by atoms with Crippen LogP contribution in [0.1, 0.15) is 48.4 Å². The molecule has 2 aliphatic heterocycles.